The van der Waals surface area contributed by atoms with Crippen LogP contribution in [-0.2, 0) is 4.79 Å². The van der Waals surface area contributed by atoms with E-state index in [9.17, 15) is 4.79 Å². The van der Waals surface area contributed by atoms with Gasteiger partial charge in [-0.3, -0.25) is 4.79 Å². The zero-order chi connectivity index (χ0) is 13.9. The molecule has 4 atom stereocenters. The molecule has 2 aliphatic carbocycles. The first kappa shape index (κ1) is 13.5. The molecule has 0 saturated heterocycles. The highest BCUT2D eigenvalue weighted by Gasteiger charge is 2.42. The molecule has 1 aromatic carbocycles. The van der Waals surface area contributed by atoms with Gasteiger partial charge < -0.3 is 10.1 Å². The zero-order valence-electron chi connectivity index (χ0n) is 12.0. The van der Waals surface area contributed by atoms with Gasteiger partial charge in [0.25, 0.3) is 5.91 Å². The summed E-state index contributed by atoms with van der Waals surface area (Å²) >= 11 is 0. The molecule has 2 aliphatic rings. The Morgan fingerprint density at radius 2 is 2.10 bits per heavy atom. The zero-order valence-corrected chi connectivity index (χ0v) is 12.0. The third-order valence-electron chi connectivity index (χ3n) is 4.94. The number of benzene rings is 1. The van der Waals surface area contributed by atoms with Crippen molar-refractivity contribution in [3.05, 3.63) is 30.3 Å². The Morgan fingerprint density at radius 1 is 1.30 bits per heavy atom. The van der Waals surface area contributed by atoms with Crippen LogP contribution in [0.4, 0.5) is 0 Å². The Bertz CT molecular complexity index is 459. The highest BCUT2D eigenvalue weighted by Crippen LogP contribution is 2.49. The van der Waals surface area contributed by atoms with E-state index in [1.54, 1.807) is 0 Å². The Morgan fingerprint density at radius 3 is 2.75 bits per heavy atom. The lowest BCUT2D eigenvalue weighted by Crippen LogP contribution is -2.42. The molecule has 3 heteroatoms. The lowest BCUT2D eigenvalue weighted by Gasteiger charge is -2.28. The Hall–Kier alpha value is -1.51. The van der Waals surface area contributed by atoms with E-state index in [4.69, 9.17) is 4.74 Å². The number of hydrogen-bond donors (Lipinski definition) is 1. The molecular weight excluding hydrogens is 250 g/mol. The number of nitrogens with one attached hydrogen (secondary N) is 1. The fraction of sp³-hybridized carbons (Fsp3) is 0.588. The van der Waals surface area contributed by atoms with Crippen molar-refractivity contribution in [2.24, 2.45) is 17.8 Å². The second-order valence-electron chi connectivity index (χ2n) is 6.30. The Kier molecular flexibility index (Phi) is 3.95. The second-order valence-corrected chi connectivity index (χ2v) is 6.30. The van der Waals surface area contributed by atoms with Crippen LogP contribution in [0.2, 0.25) is 0 Å². The summed E-state index contributed by atoms with van der Waals surface area (Å²) in [7, 11) is 0. The molecule has 0 aromatic heterocycles. The second kappa shape index (κ2) is 5.86. The Balaban J connectivity index is 1.44. The van der Waals surface area contributed by atoms with Crippen LogP contribution in [0.15, 0.2) is 30.3 Å². The van der Waals surface area contributed by atoms with Gasteiger partial charge in [-0.1, -0.05) is 24.6 Å². The average molecular weight is 273 g/mol. The molecule has 3 rings (SSSR count). The van der Waals surface area contributed by atoms with Gasteiger partial charge in [-0.2, -0.15) is 0 Å². The highest BCUT2D eigenvalue weighted by atomic mass is 16.5. The van der Waals surface area contributed by atoms with Gasteiger partial charge in [0.15, 0.2) is 6.61 Å². The summed E-state index contributed by atoms with van der Waals surface area (Å²) in [6.45, 7) is 2.25. The monoisotopic (exact) mass is 273 g/mol. The summed E-state index contributed by atoms with van der Waals surface area (Å²) in [5.74, 6) is 3.17. The summed E-state index contributed by atoms with van der Waals surface area (Å²) in [6, 6.07) is 9.76. The normalized spacial score (nSPS) is 29.1. The van der Waals surface area contributed by atoms with E-state index < -0.39 is 0 Å². The van der Waals surface area contributed by atoms with E-state index in [2.05, 4.69) is 12.2 Å². The van der Waals surface area contributed by atoms with E-state index in [1.165, 1.54) is 25.7 Å². The SMILES string of the molecule is CC(NC(=O)COc1ccccc1)C1CC2CCC1C2. The largest absolute Gasteiger partial charge is 0.484 e. The van der Waals surface area contributed by atoms with Crippen LogP contribution >= 0.6 is 0 Å². The van der Waals surface area contributed by atoms with E-state index in [1.807, 2.05) is 30.3 Å². The fourth-order valence-electron chi connectivity index (χ4n) is 3.97. The predicted molar refractivity (Wildman–Crippen MR) is 78.5 cm³/mol. The van der Waals surface area contributed by atoms with Crippen LogP contribution in [0.3, 0.4) is 0 Å². The van der Waals surface area contributed by atoms with Crippen molar-refractivity contribution in [3.8, 4) is 5.75 Å². The minimum Gasteiger partial charge on any atom is -0.484 e. The van der Waals surface area contributed by atoms with Gasteiger partial charge in [0.1, 0.15) is 5.75 Å². The molecule has 3 nitrogen and oxygen atoms in total. The lowest BCUT2D eigenvalue weighted by atomic mass is 9.84. The van der Waals surface area contributed by atoms with Crippen molar-refractivity contribution < 1.29 is 9.53 Å². The van der Waals surface area contributed by atoms with Gasteiger partial charge in [0.05, 0.1) is 0 Å². The van der Waals surface area contributed by atoms with Crippen LogP contribution < -0.4 is 10.1 Å². The molecule has 0 spiro atoms. The standard InChI is InChI=1S/C17H23NO2/c1-12(16-10-13-7-8-14(16)9-13)18-17(19)11-20-15-5-3-2-4-6-15/h2-6,12-14,16H,7-11H2,1H3,(H,18,19). The summed E-state index contributed by atoms with van der Waals surface area (Å²) in [5, 5.41) is 3.11. The van der Waals surface area contributed by atoms with Gasteiger partial charge >= 0.3 is 0 Å². The van der Waals surface area contributed by atoms with Crippen molar-refractivity contribution in [2.75, 3.05) is 6.61 Å². The number of hydrogen-bond acceptors (Lipinski definition) is 2. The Labute approximate surface area is 120 Å². The van der Waals surface area contributed by atoms with E-state index in [-0.39, 0.29) is 18.6 Å². The van der Waals surface area contributed by atoms with Gasteiger partial charge in [-0.25, -0.2) is 0 Å². The molecule has 1 N–H and O–H groups in total. The summed E-state index contributed by atoms with van der Waals surface area (Å²) in [6.07, 6.45) is 5.44. The quantitative estimate of drug-likeness (QED) is 0.895. The van der Waals surface area contributed by atoms with E-state index >= 15 is 0 Å². The number of carbonyl (C=O) groups excluding carboxylic acids is 1. The maximum atomic E-state index is 12.0. The molecule has 0 aliphatic heterocycles. The maximum absolute atomic E-state index is 12.0. The smallest absolute Gasteiger partial charge is 0.258 e. The molecule has 2 fully saturated rings. The molecule has 20 heavy (non-hydrogen) atoms. The van der Waals surface area contributed by atoms with Crippen molar-refractivity contribution in [2.45, 2.75) is 38.6 Å². The number of ether oxygens (including phenoxy) is 1. The molecule has 108 valence electrons. The maximum Gasteiger partial charge on any atom is 0.258 e. The van der Waals surface area contributed by atoms with Gasteiger partial charge in [-0.05, 0) is 56.1 Å². The minimum atomic E-state index is -0.0101. The first-order valence-electron chi connectivity index (χ1n) is 7.69. The molecule has 4 unspecified atom stereocenters. The average Bonchev–Trinajstić information content (AvgIpc) is 3.09. The molecular formula is C17H23NO2. The molecule has 2 saturated carbocycles. The molecule has 0 radical (unpaired) electrons. The van der Waals surface area contributed by atoms with E-state index in [0.717, 1.165) is 17.6 Å². The first-order valence-corrected chi connectivity index (χ1v) is 7.69. The van der Waals surface area contributed by atoms with Gasteiger partial charge in [0, 0.05) is 6.04 Å². The number of para-hydroxylation sites is 1. The van der Waals surface area contributed by atoms with Crippen LogP contribution in [0.1, 0.15) is 32.6 Å². The summed E-state index contributed by atoms with van der Waals surface area (Å²) < 4.78 is 5.48. The fourth-order valence-corrected chi connectivity index (χ4v) is 3.97. The van der Waals surface area contributed by atoms with Crippen molar-refractivity contribution in [3.63, 3.8) is 0 Å². The predicted octanol–water partition coefficient (Wildman–Crippen LogP) is 3.01. The number of amides is 1. The summed E-state index contributed by atoms with van der Waals surface area (Å²) in [5.41, 5.74) is 0. The number of fused-ring (bicyclic) bond motifs is 2. The molecule has 1 amide bonds. The lowest BCUT2D eigenvalue weighted by molar-refractivity contribution is -0.124. The molecule has 2 bridgehead atoms. The molecule has 0 heterocycles. The van der Waals surface area contributed by atoms with E-state index in [0.29, 0.717) is 5.92 Å². The van der Waals surface area contributed by atoms with Crippen molar-refractivity contribution >= 4 is 5.91 Å². The third-order valence-corrected chi connectivity index (χ3v) is 4.94. The molecule has 1 aromatic rings. The van der Waals surface area contributed by atoms with Gasteiger partial charge in [-0.15, -0.1) is 0 Å². The minimum absolute atomic E-state index is 0.0101. The first-order chi connectivity index (χ1) is 9.72. The van der Waals surface area contributed by atoms with Crippen LogP contribution in [0.25, 0.3) is 0 Å². The summed E-state index contributed by atoms with van der Waals surface area (Å²) in [4.78, 5) is 12.0. The number of rotatable bonds is 5. The topological polar surface area (TPSA) is 38.3 Å². The van der Waals surface area contributed by atoms with Crippen molar-refractivity contribution in [1.82, 2.24) is 5.32 Å². The number of carbonyl (C=O) groups is 1. The van der Waals surface area contributed by atoms with Crippen LogP contribution in [0.5, 0.6) is 5.75 Å². The van der Waals surface area contributed by atoms with Crippen LogP contribution in [0, 0.1) is 17.8 Å². The highest BCUT2D eigenvalue weighted by molar-refractivity contribution is 5.77. The van der Waals surface area contributed by atoms with Gasteiger partial charge in [0.2, 0.25) is 0 Å². The van der Waals surface area contributed by atoms with Crippen molar-refractivity contribution in [1.29, 1.82) is 0 Å². The van der Waals surface area contributed by atoms with Crippen LogP contribution in [-0.4, -0.2) is 18.6 Å². The third kappa shape index (κ3) is 2.97.